The van der Waals surface area contributed by atoms with Gasteiger partial charge in [-0.15, -0.1) is 0 Å². The van der Waals surface area contributed by atoms with Crippen LogP contribution in [0.1, 0.15) is 35.5 Å². The number of hydrogen-bond acceptors (Lipinski definition) is 10. The predicted octanol–water partition coefficient (Wildman–Crippen LogP) is 2.02. The van der Waals surface area contributed by atoms with Crippen molar-refractivity contribution >= 4 is 28.8 Å². The Balaban J connectivity index is 1.85. The number of ether oxygens (including phenoxy) is 3. The van der Waals surface area contributed by atoms with Gasteiger partial charge >= 0.3 is 5.97 Å². The summed E-state index contributed by atoms with van der Waals surface area (Å²) in [5, 5.41) is 31.6. The molecule has 1 aliphatic heterocycles. The Kier molecular flexibility index (Phi) is 8.61. The molecule has 0 aliphatic carbocycles. The van der Waals surface area contributed by atoms with E-state index in [0.717, 1.165) is 5.56 Å². The third kappa shape index (κ3) is 5.94. The molecule has 1 fully saturated rings. The highest BCUT2D eigenvalue weighted by Gasteiger charge is 2.49. The van der Waals surface area contributed by atoms with Crippen LogP contribution in [0, 0.1) is 6.92 Å². The van der Waals surface area contributed by atoms with Gasteiger partial charge in [-0.1, -0.05) is 30.3 Å². The van der Waals surface area contributed by atoms with Crippen LogP contribution < -0.4 is 10.2 Å². The second kappa shape index (κ2) is 11.9. The molecule has 0 bridgehead atoms. The standard InChI is InChI=1S/C29H30O10/c1-15-11-20(36-3)24(27-23(15)19(32)13-18(37-27)12-16(2)31)28-29(26(35)25(34)21(14-30)38-28)39-22(33)10-9-17-7-5-4-6-8-17/h4-11,13,21,25-26,28-30,34-35H,12,14H2,1-3H3. The van der Waals surface area contributed by atoms with Crippen LogP contribution in [0.3, 0.4) is 0 Å². The molecule has 5 atom stereocenters. The highest BCUT2D eigenvalue weighted by molar-refractivity contribution is 5.88. The number of fused-ring (bicyclic) bond motifs is 1. The first-order chi connectivity index (χ1) is 18.6. The third-order valence-corrected chi connectivity index (χ3v) is 6.51. The molecule has 0 amide bonds. The average molecular weight is 539 g/mol. The summed E-state index contributed by atoms with van der Waals surface area (Å²) in [6, 6.07) is 11.8. The molecule has 0 radical (unpaired) electrons. The second-order valence-electron chi connectivity index (χ2n) is 9.37. The number of esters is 1. The summed E-state index contributed by atoms with van der Waals surface area (Å²) in [5.41, 5.74) is 0.973. The van der Waals surface area contributed by atoms with Gasteiger partial charge in [0.25, 0.3) is 0 Å². The van der Waals surface area contributed by atoms with E-state index in [2.05, 4.69) is 0 Å². The molecule has 39 heavy (non-hydrogen) atoms. The summed E-state index contributed by atoms with van der Waals surface area (Å²) < 4.78 is 23.1. The van der Waals surface area contributed by atoms with Crippen LogP contribution in [0.15, 0.2) is 57.8 Å². The first-order valence-corrected chi connectivity index (χ1v) is 12.3. The number of carbonyl (C=O) groups excluding carboxylic acids is 2. The highest BCUT2D eigenvalue weighted by Crippen LogP contribution is 2.43. The minimum atomic E-state index is -1.68. The van der Waals surface area contributed by atoms with Gasteiger partial charge in [-0.05, 0) is 37.1 Å². The average Bonchev–Trinajstić information content (AvgIpc) is 2.90. The molecule has 3 aromatic rings. The molecule has 10 heteroatoms. The number of aliphatic hydroxyl groups is 3. The molecule has 5 unspecified atom stereocenters. The number of methoxy groups -OCH3 is 1. The Labute approximate surface area is 224 Å². The number of benzene rings is 2. The monoisotopic (exact) mass is 538 g/mol. The Hall–Kier alpha value is -3.83. The van der Waals surface area contributed by atoms with E-state index in [4.69, 9.17) is 18.6 Å². The minimum Gasteiger partial charge on any atom is -0.496 e. The molecular formula is C29H30O10. The van der Waals surface area contributed by atoms with Crippen molar-refractivity contribution in [3.8, 4) is 5.75 Å². The summed E-state index contributed by atoms with van der Waals surface area (Å²) in [5.74, 6) is -0.777. The van der Waals surface area contributed by atoms with E-state index in [1.807, 2.05) is 6.07 Å². The zero-order valence-electron chi connectivity index (χ0n) is 21.7. The maximum atomic E-state index is 13.1. The molecule has 10 nitrogen and oxygen atoms in total. The molecule has 3 N–H and O–H groups in total. The molecule has 1 saturated heterocycles. The zero-order valence-corrected chi connectivity index (χ0v) is 21.7. The predicted molar refractivity (Wildman–Crippen MR) is 140 cm³/mol. The summed E-state index contributed by atoms with van der Waals surface area (Å²) >= 11 is 0. The van der Waals surface area contributed by atoms with Crippen LogP contribution in [0.4, 0.5) is 0 Å². The van der Waals surface area contributed by atoms with Crippen molar-refractivity contribution in [2.24, 2.45) is 0 Å². The Bertz CT molecular complexity index is 1440. The fourth-order valence-electron chi connectivity index (χ4n) is 4.69. The van der Waals surface area contributed by atoms with Gasteiger partial charge in [0.15, 0.2) is 11.5 Å². The molecule has 1 aliphatic rings. The number of aryl methyl sites for hydroxylation is 1. The second-order valence-corrected chi connectivity index (χ2v) is 9.37. The number of ketones is 1. The lowest BCUT2D eigenvalue weighted by Gasteiger charge is -2.42. The first-order valence-electron chi connectivity index (χ1n) is 12.3. The van der Waals surface area contributed by atoms with Gasteiger partial charge < -0.3 is 33.9 Å². The van der Waals surface area contributed by atoms with E-state index in [1.165, 1.54) is 32.3 Å². The number of carbonyl (C=O) groups is 2. The van der Waals surface area contributed by atoms with Gasteiger partial charge in [0, 0.05) is 12.1 Å². The van der Waals surface area contributed by atoms with Gasteiger partial charge in [-0.2, -0.15) is 0 Å². The lowest BCUT2D eigenvalue weighted by Crippen LogP contribution is -2.56. The normalized spacial score (nSPS) is 23.2. The maximum absolute atomic E-state index is 13.1. The SMILES string of the molecule is COc1cc(C)c2c(=O)cc(CC(C)=O)oc2c1C1OC(CO)C(O)C(O)C1OC(=O)C=Cc1ccccc1. The number of rotatable bonds is 8. The van der Waals surface area contributed by atoms with E-state index in [1.54, 1.807) is 37.3 Å². The topological polar surface area (TPSA) is 153 Å². The van der Waals surface area contributed by atoms with Gasteiger partial charge in [0.1, 0.15) is 47.3 Å². The van der Waals surface area contributed by atoms with Crippen LogP contribution >= 0.6 is 0 Å². The van der Waals surface area contributed by atoms with Crippen LogP contribution in [-0.2, 0) is 25.5 Å². The largest absolute Gasteiger partial charge is 0.496 e. The summed E-state index contributed by atoms with van der Waals surface area (Å²) in [6.07, 6.45) is -4.80. The Morgan fingerprint density at radius 1 is 1.10 bits per heavy atom. The van der Waals surface area contributed by atoms with Gasteiger partial charge in [-0.25, -0.2) is 4.79 Å². The molecule has 0 spiro atoms. The summed E-state index contributed by atoms with van der Waals surface area (Å²) in [4.78, 5) is 37.7. The zero-order chi connectivity index (χ0) is 28.3. The Morgan fingerprint density at radius 2 is 1.82 bits per heavy atom. The number of aliphatic hydroxyl groups excluding tert-OH is 3. The summed E-state index contributed by atoms with van der Waals surface area (Å²) in [6.45, 7) is 2.38. The van der Waals surface area contributed by atoms with Crippen molar-refractivity contribution in [1.29, 1.82) is 0 Å². The lowest BCUT2D eigenvalue weighted by atomic mass is 9.89. The quantitative estimate of drug-likeness (QED) is 0.287. The first kappa shape index (κ1) is 28.2. The highest BCUT2D eigenvalue weighted by atomic mass is 16.6. The molecule has 2 heterocycles. The molecule has 0 saturated carbocycles. The van der Waals surface area contributed by atoms with Gasteiger partial charge in [-0.3, -0.25) is 9.59 Å². The smallest absolute Gasteiger partial charge is 0.331 e. The number of hydrogen-bond donors (Lipinski definition) is 3. The third-order valence-electron chi connectivity index (χ3n) is 6.51. The minimum absolute atomic E-state index is 0.0155. The van der Waals surface area contributed by atoms with Crippen LogP contribution in [0.5, 0.6) is 5.75 Å². The van der Waals surface area contributed by atoms with Crippen LogP contribution in [-0.4, -0.2) is 65.2 Å². The molecule has 2 aromatic carbocycles. The molecular weight excluding hydrogens is 508 g/mol. The fraction of sp³-hybridized carbons (Fsp3) is 0.345. The summed E-state index contributed by atoms with van der Waals surface area (Å²) in [7, 11) is 1.38. The van der Waals surface area contributed by atoms with Gasteiger partial charge in [0.2, 0.25) is 0 Å². The maximum Gasteiger partial charge on any atom is 0.331 e. The van der Waals surface area contributed by atoms with Crippen molar-refractivity contribution < 1.29 is 43.5 Å². The van der Waals surface area contributed by atoms with E-state index in [9.17, 15) is 29.7 Å². The van der Waals surface area contributed by atoms with Crippen molar-refractivity contribution in [1.82, 2.24) is 0 Å². The van der Waals surface area contributed by atoms with Crippen molar-refractivity contribution in [2.45, 2.75) is 50.8 Å². The van der Waals surface area contributed by atoms with E-state index >= 15 is 0 Å². The van der Waals surface area contributed by atoms with Gasteiger partial charge in [0.05, 0.1) is 31.1 Å². The van der Waals surface area contributed by atoms with Crippen molar-refractivity contribution in [3.05, 3.63) is 81.2 Å². The van der Waals surface area contributed by atoms with Crippen LogP contribution in [0.2, 0.25) is 0 Å². The molecule has 1 aromatic heterocycles. The lowest BCUT2D eigenvalue weighted by molar-refractivity contribution is -0.239. The molecule has 206 valence electrons. The van der Waals surface area contributed by atoms with Crippen molar-refractivity contribution in [2.75, 3.05) is 13.7 Å². The van der Waals surface area contributed by atoms with Crippen LogP contribution in [0.25, 0.3) is 17.0 Å². The number of Topliss-reactive ketones (excluding diaryl/α,β-unsaturated/α-hetero) is 1. The van der Waals surface area contributed by atoms with E-state index in [-0.39, 0.29) is 40.2 Å². The fourth-order valence-corrected chi connectivity index (χ4v) is 4.69. The van der Waals surface area contributed by atoms with Crippen molar-refractivity contribution in [3.63, 3.8) is 0 Å². The molecule has 4 rings (SSSR count). The Morgan fingerprint density at radius 3 is 2.46 bits per heavy atom. The van der Waals surface area contributed by atoms with E-state index in [0.29, 0.717) is 5.56 Å². The van der Waals surface area contributed by atoms with E-state index < -0.39 is 48.5 Å².